The van der Waals surface area contributed by atoms with Gasteiger partial charge in [0.05, 0.1) is 0 Å². The molecule has 0 aromatic heterocycles. The first kappa shape index (κ1) is 29.5. The molecule has 0 amide bonds. The van der Waals surface area contributed by atoms with E-state index in [-0.39, 0.29) is 10.8 Å². The lowest BCUT2D eigenvalue weighted by atomic mass is 9.71. The van der Waals surface area contributed by atoms with E-state index < -0.39 is 0 Å². The molecule has 0 heterocycles. The van der Waals surface area contributed by atoms with Gasteiger partial charge in [-0.25, -0.2) is 0 Å². The Bertz CT molecular complexity index is 2440. The molecule has 0 saturated carbocycles. The largest absolute Gasteiger partial charge is 0.0751 e. The molecule has 2 unspecified atom stereocenters. The van der Waals surface area contributed by atoms with Gasteiger partial charge < -0.3 is 0 Å². The monoisotopic (exact) mass is 634 g/mol. The van der Waals surface area contributed by atoms with Crippen molar-refractivity contribution in [1.82, 2.24) is 0 Å². The van der Waals surface area contributed by atoms with Crippen LogP contribution in [0, 0.1) is 11.3 Å². The lowest BCUT2D eigenvalue weighted by Gasteiger charge is -2.33. The Hall–Kier alpha value is -4.42. The molecule has 10 rings (SSSR count). The van der Waals surface area contributed by atoms with E-state index >= 15 is 0 Å². The highest BCUT2D eigenvalue weighted by Crippen LogP contribution is 2.52. The molecule has 0 fully saturated rings. The first-order chi connectivity index (χ1) is 23.6. The van der Waals surface area contributed by atoms with Crippen molar-refractivity contribution >= 4 is 45.2 Å². The fourth-order valence-corrected chi connectivity index (χ4v) is 10.3. The first-order valence-electron chi connectivity index (χ1n) is 18.7. The lowest BCUT2D eigenvalue weighted by Crippen LogP contribution is -2.28. The topological polar surface area (TPSA) is 0 Å². The average molecular weight is 635 g/mol. The van der Waals surface area contributed by atoms with Gasteiger partial charge in [-0.15, -0.1) is 0 Å². The van der Waals surface area contributed by atoms with Gasteiger partial charge in [-0.1, -0.05) is 138 Å². The minimum Gasteiger partial charge on any atom is -0.0751 e. The van der Waals surface area contributed by atoms with Gasteiger partial charge in [0.15, 0.2) is 0 Å². The van der Waals surface area contributed by atoms with Gasteiger partial charge in [-0.2, -0.15) is 0 Å². The lowest BCUT2D eigenvalue weighted by molar-refractivity contribution is 0.517. The van der Waals surface area contributed by atoms with Gasteiger partial charge in [-0.3, -0.25) is 0 Å². The molecule has 4 aromatic carbocycles. The Morgan fingerprint density at radius 2 is 1.61 bits per heavy atom. The molecule has 0 N–H and O–H groups in total. The predicted molar refractivity (Wildman–Crippen MR) is 209 cm³/mol. The van der Waals surface area contributed by atoms with Crippen molar-refractivity contribution in [2.24, 2.45) is 11.3 Å². The maximum Gasteiger partial charge on any atom is 0.0155 e. The zero-order valence-corrected chi connectivity index (χ0v) is 29.7. The van der Waals surface area contributed by atoms with Crippen LogP contribution in [0.1, 0.15) is 112 Å². The van der Waals surface area contributed by atoms with Crippen LogP contribution in [0.2, 0.25) is 0 Å². The molecule has 0 aliphatic heterocycles. The zero-order chi connectivity index (χ0) is 33.2. The van der Waals surface area contributed by atoms with Crippen LogP contribution in [0.25, 0.3) is 45.2 Å². The summed E-state index contributed by atoms with van der Waals surface area (Å²) in [5.74, 6) is 1.07. The van der Waals surface area contributed by atoms with E-state index in [0.717, 1.165) is 25.7 Å². The third kappa shape index (κ3) is 4.35. The summed E-state index contributed by atoms with van der Waals surface area (Å²) in [6, 6.07) is 26.0. The molecule has 2 atom stereocenters. The second-order valence-electron chi connectivity index (χ2n) is 17.1. The average Bonchev–Trinajstić information content (AvgIpc) is 3.35. The second-order valence-corrected chi connectivity index (χ2v) is 17.1. The minimum absolute atomic E-state index is 0.0730. The van der Waals surface area contributed by atoms with Crippen molar-refractivity contribution in [2.75, 3.05) is 0 Å². The van der Waals surface area contributed by atoms with Crippen LogP contribution >= 0.6 is 0 Å². The standard InChI is InChI=1S/C49H46/c1-48(2,3)37-26-35-13-10-29-14-19-40(43-23-18-36(27-37)46(35)47(29)43)34-17-21-39-33(25-34)12-11-32-24-30(15-20-38(32)39)31-16-22-42-41-8-6-7-9-44(41)49(4,5)45(42)28-31/h6-10,13-15,17,19-21,23-24,26-28,33,36H,11-12,16,18,22,25H2,1-5H3. The summed E-state index contributed by atoms with van der Waals surface area (Å²) < 4.78 is 0. The van der Waals surface area contributed by atoms with Crippen LogP contribution in [-0.4, -0.2) is 0 Å². The molecule has 4 aromatic rings. The number of fused-ring (bicyclic) bond motifs is 5. The van der Waals surface area contributed by atoms with Crippen LogP contribution < -0.4 is 10.4 Å². The van der Waals surface area contributed by atoms with Crippen molar-refractivity contribution < 1.29 is 0 Å². The molecule has 6 aliphatic carbocycles. The van der Waals surface area contributed by atoms with E-state index in [1.54, 1.807) is 16.7 Å². The number of rotatable bonds is 2. The molecule has 0 saturated heterocycles. The number of hydrogen-bond donors (Lipinski definition) is 0. The number of aryl methyl sites for hydroxylation is 1. The summed E-state index contributed by atoms with van der Waals surface area (Å²) in [5, 5.41) is 5.78. The molecule has 242 valence electrons. The number of hydrogen-bond acceptors (Lipinski definition) is 0. The smallest absolute Gasteiger partial charge is 0.0155 e. The molecule has 0 bridgehead atoms. The number of benzene rings is 4. The highest BCUT2D eigenvalue weighted by Gasteiger charge is 2.38. The third-order valence-electron chi connectivity index (χ3n) is 13.0. The van der Waals surface area contributed by atoms with Crippen LogP contribution in [0.5, 0.6) is 0 Å². The van der Waals surface area contributed by atoms with Gasteiger partial charge in [0.2, 0.25) is 0 Å². The van der Waals surface area contributed by atoms with E-state index in [0.29, 0.717) is 11.8 Å². The van der Waals surface area contributed by atoms with E-state index in [1.165, 1.54) is 89.7 Å². The summed E-state index contributed by atoms with van der Waals surface area (Å²) in [6.45, 7) is 11.8. The molecule has 0 spiro atoms. The second kappa shape index (κ2) is 10.3. The van der Waals surface area contributed by atoms with Crippen molar-refractivity contribution in [3.8, 4) is 0 Å². The first-order valence-corrected chi connectivity index (χ1v) is 18.7. The third-order valence-corrected chi connectivity index (χ3v) is 13.0. The maximum absolute atomic E-state index is 2.56. The van der Waals surface area contributed by atoms with Crippen molar-refractivity contribution in [1.29, 1.82) is 0 Å². The van der Waals surface area contributed by atoms with Crippen LogP contribution in [-0.2, 0) is 11.8 Å². The normalized spacial score (nSPS) is 22.8. The van der Waals surface area contributed by atoms with Gasteiger partial charge in [0.25, 0.3) is 0 Å². The Kier molecular flexibility index (Phi) is 6.20. The van der Waals surface area contributed by atoms with E-state index in [4.69, 9.17) is 0 Å². The van der Waals surface area contributed by atoms with Crippen LogP contribution in [0.15, 0.2) is 102 Å². The fourth-order valence-electron chi connectivity index (χ4n) is 10.3. The fraction of sp³-hybridized carbons (Fsp3) is 0.306. The van der Waals surface area contributed by atoms with Gasteiger partial charge >= 0.3 is 0 Å². The Balaban J connectivity index is 0.996. The quantitative estimate of drug-likeness (QED) is 0.206. The maximum atomic E-state index is 2.56. The summed E-state index contributed by atoms with van der Waals surface area (Å²) in [6.07, 6.45) is 22.0. The Morgan fingerprint density at radius 1 is 0.776 bits per heavy atom. The Morgan fingerprint density at radius 3 is 2.49 bits per heavy atom. The molecule has 6 aliphatic rings. The van der Waals surface area contributed by atoms with E-state index in [9.17, 15) is 0 Å². The van der Waals surface area contributed by atoms with Crippen LogP contribution in [0.4, 0.5) is 0 Å². The predicted octanol–water partition coefficient (Wildman–Crippen LogP) is 11.2. The zero-order valence-electron chi connectivity index (χ0n) is 29.7. The highest BCUT2D eigenvalue weighted by molar-refractivity contribution is 5.94. The van der Waals surface area contributed by atoms with Crippen molar-refractivity contribution in [3.05, 3.63) is 152 Å². The highest BCUT2D eigenvalue weighted by atomic mass is 14.4. The molecular weight excluding hydrogens is 589 g/mol. The van der Waals surface area contributed by atoms with E-state index in [2.05, 4.69) is 138 Å². The molecule has 0 nitrogen and oxygen atoms in total. The van der Waals surface area contributed by atoms with Crippen molar-refractivity contribution in [3.63, 3.8) is 0 Å². The van der Waals surface area contributed by atoms with Gasteiger partial charge in [-0.05, 0) is 143 Å². The van der Waals surface area contributed by atoms with Crippen molar-refractivity contribution in [2.45, 2.75) is 84.5 Å². The molecule has 0 heteroatoms. The minimum atomic E-state index is 0.0730. The van der Waals surface area contributed by atoms with Gasteiger partial charge in [0, 0.05) is 11.3 Å². The summed E-state index contributed by atoms with van der Waals surface area (Å²) in [4.78, 5) is 0. The summed E-state index contributed by atoms with van der Waals surface area (Å²) in [7, 11) is 0. The number of allylic oxidation sites excluding steroid dienone is 10. The summed E-state index contributed by atoms with van der Waals surface area (Å²) in [5.41, 5.74) is 19.8. The van der Waals surface area contributed by atoms with Gasteiger partial charge in [0.1, 0.15) is 0 Å². The van der Waals surface area contributed by atoms with Crippen LogP contribution in [0.3, 0.4) is 0 Å². The Labute approximate surface area is 291 Å². The SMILES string of the molecule is CC(C)(C)C1=CC2CC=c3c(C4=CC=C5c6ccc(C7=CC8=C(CC7)c7ccccc7C8(C)C)cc6CCC5C4)ccc4ccc(c2c34)=C1. The van der Waals surface area contributed by atoms with E-state index in [1.807, 2.05) is 0 Å². The molecule has 49 heavy (non-hydrogen) atoms. The summed E-state index contributed by atoms with van der Waals surface area (Å²) >= 11 is 0. The molecular formula is C49H46. The molecule has 0 radical (unpaired) electrons.